The maximum absolute atomic E-state index is 13.1. The summed E-state index contributed by atoms with van der Waals surface area (Å²) in [5.41, 5.74) is 1.71. The molecule has 0 saturated carbocycles. The molecule has 0 aliphatic carbocycles. The van der Waals surface area contributed by atoms with Gasteiger partial charge in [-0.15, -0.1) is 0 Å². The van der Waals surface area contributed by atoms with Gasteiger partial charge in [0, 0.05) is 13.5 Å². The molecular weight excluding hydrogens is 313 g/mol. The second kappa shape index (κ2) is 5.96. The van der Waals surface area contributed by atoms with Crippen LogP contribution in [0.15, 0.2) is 46.1 Å². The van der Waals surface area contributed by atoms with Crippen molar-refractivity contribution in [2.24, 2.45) is 0 Å². The van der Waals surface area contributed by atoms with Crippen LogP contribution < -0.4 is 0 Å². The molecule has 0 radical (unpaired) electrons. The third-order valence-corrected chi connectivity index (χ3v) is 4.06. The van der Waals surface area contributed by atoms with Gasteiger partial charge in [-0.25, -0.2) is 4.39 Å². The number of Topliss-reactive ketones (excluding diaryl/α,β-unsaturated/α-hetero) is 1. The zero-order valence-electron chi connectivity index (χ0n) is 13.3. The lowest BCUT2D eigenvalue weighted by Crippen LogP contribution is -2.22. The molecule has 1 aromatic carbocycles. The van der Waals surface area contributed by atoms with Gasteiger partial charge in [-0.2, -0.15) is 0 Å². The number of nitrogens with zero attached hydrogens (tertiary/aromatic N) is 1. The molecule has 1 aliphatic heterocycles. The van der Waals surface area contributed by atoms with Crippen molar-refractivity contribution in [1.29, 1.82) is 0 Å². The van der Waals surface area contributed by atoms with E-state index in [9.17, 15) is 19.1 Å². The molecule has 3 rings (SSSR count). The highest BCUT2D eigenvalue weighted by Gasteiger charge is 2.33. The lowest BCUT2D eigenvalue weighted by atomic mass is 10.0. The Morgan fingerprint density at radius 2 is 2.08 bits per heavy atom. The summed E-state index contributed by atoms with van der Waals surface area (Å²) in [6.45, 7) is 1.85. The quantitative estimate of drug-likeness (QED) is 0.876. The van der Waals surface area contributed by atoms with Crippen molar-refractivity contribution in [1.82, 2.24) is 4.90 Å². The Balaban J connectivity index is 1.81. The summed E-state index contributed by atoms with van der Waals surface area (Å²) in [6, 6.07) is 7.66. The van der Waals surface area contributed by atoms with E-state index in [2.05, 4.69) is 0 Å². The van der Waals surface area contributed by atoms with E-state index in [4.69, 9.17) is 4.42 Å². The second-order valence-electron chi connectivity index (χ2n) is 5.83. The maximum Gasteiger partial charge on any atom is 0.289 e. The minimum absolute atomic E-state index is 0.0290. The molecule has 1 aromatic heterocycles. The van der Waals surface area contributed by atoms with E-state index in [1.165, 1.54) is 30.1 Å². The predicted molar refractivity (Wildman–Crippen MR) is 84.3 cm³/mol. The van der Waals surface area contributed by atoms with Crippen molar-refractivity contribution in [2.75, 3.05) is 13.6 Å². The van der Waals surface area contributed by atoms with Crippen LogP contribution >= 0.6 is 0 Å². The Morgan fingerprint density at radius 3 is 2.71 bits per heavy atom. The Morgan fingerprint density at radius 1 is 1.33 bits per heavy atom. The predicted octanol–water partition coefficient (Wildman–Crippen LogP) is 2.78. The smallest absolute Gasteiger partial charge is 0.289 e. The second-order valence-corrected chi connectivity index (χ2v) is 5.83. The number of aryl methyl sites for hydroxylation is 1. The van der Waals surface area contributed by atoms with E-state index in [1.54, 1.807) is 19.1 Å². The fourth-order valence-corrected chi connectivity index (χ4v) is 2.66. The average molecular weight is 329 g/mol. The van der Waals surface area contributed by atoms with E-state index in [0.29, 0.717) is 12.2 Å². The standard InChI is InChI=1S/C18H16FNO4/c1-10-7-12(19)4-3-11(10)8-13-5-6-15(24-13)16(21)14-9-20(2)18(23)17(14)22/h3-7,22H,8-9H2,1-2H3. The number of carbonyl (C=O) groups excluding carboxylic acids is 2. The van der Waals surface area contributed by atoms with Gasteiger partial charge in [0.1, 0.15) is 11.6 Å². The fourth-order valence-electron chi connectivity index (χ4n) is 2.66. The Hall–Kier alpha value is -2.89. The van der Waals surface area contributed by atoms with Crippen LogP contribution in [0, 0.1) is 12.7 Å². The summed E-state index contributed by atoms with van der Waals surface area (Å²) in [6.07, 6.45) is 0.420. The van der Waals surface area contributed by atoms with Crippen molar-refractivity contribution in [2.45, 2.75) is 13.3 Å². The van der Waals surface area contributed by atoms with E-state index >= 15 is 0 Å². The first-order chi connectivity index (χ1) is 11.4. The van der Waals surface area contributed by atoms with Crippen molar-refractivity contribution < 1.29 is 23.5 Å². The molecule has 2 aromatic rings. The molecule has 0 atom stereocenters. The van der Waals surface area contributed by atoms with Gasteiger partial charge < -0.3 is 14.4 Å². The zero-order chi connectivity index (χ0) is 17.4. The minimum Gasteiger partial charge on any atom is -0.503 e. The molecule has 0 saturated heterocycles. The van der Waals surface area contributed by atoms with Crippen molar-refractivity contribution >= 4 is 11.7 Å². The van der Waals surface area contributed by atoms with Crippen molar-refractivity contribution in [3.8, 4) is 0 Å². The number of aliphatic hydroxyl groups is 1. The molecule has 1 aliphatic rings. The zero-order valence-corrected chi connectivity index (χ0v) is 13.3. The number of likely N-dealkylation sites (N-methyl/N-ethyl adjacent to an activating group) is 1. The summed E-state index contributed by atoms with van der Waals surface area (Å²) in [5.74, 6) is -1.31. The van der Waals surface area contributed by atoms with Crippen molar-refractivity contribution in [3.63, 3.8) is 0 Å². The number of ketones is 1. The van der Waals surface area contributed by atoms with E-state index in [1.807, 2.05) is 0 Å². The molecule has 0 spiro atoms. The molecular formula is C18H16FNO4. The number of benzene rings is 1. The summed E-state index contributed by atoms with van der Waals surface area (Å²) in [5, 5.41) is 9.75. The first kappa shape index (κ1) is 16.0. The minimum atomic E-state index is -0.577. The first-order valence-corrected chi connectivity index (χ1v) is 7.43. The molecule has 1 amide bonds. The third kappa shape index (κ3) is 2.82. The van der Waals surface area contributed by atoms with Gasteiger partial charge >= 0.3 is 0 Å². The van der Waals surface area contributed by atoms with Crippen LogP contribution in [0.4, 0.5) is 4.39 Å². The van der Waals surface area contributed by atoms with E-state index in [0.717, 1.165) is 11.1 Å². The number of amides is 1. The maximum atomic E-state index is 13.1. The number of hydrogen-bond donors (Lipinski definition) is 1. The van der Waals surface area contributed by atoms with Gasteiger partial charge in [0.25, 0.3) is 5.91 Å². The lowest BCUT2D eigenvalue weighted by Gasteiger charge is -2.06. The summed E-state index contributed by atoms with van der Waals surface area (Å²) in [4.78, 5) is 25.2. The van der Waals surface area contributed by atoms with Crippen LogP contribution in [0.1, 0.15) is 27.4 Å². The number of hydrogen-bond acceptors (Lipinski definition) is 4. The SMILES string of the molecule is Cc1cc(F)ccc1Cc1ccc(C(=O)C2=C(O)C(=O)N(C)C2)o1. The van der Waals surface area contributed by atoms with Gasteiger partial charge in [0.15, 0.2) is 11.5 Å². The topological polar surface area (TPSA) is 70.8 Å². The number of rotatable bonds is 4. The Kier molecular flexibility index (Phi) is 3.97. The summed E-state index contributed by atoms with van der Waals surface area (Å²) >= 11 is 0. The largest absolute Gasteiger partial charge is 0.503 e. The van der Waals surface area contributed by atoms with Crippen LogP contribution in [0.5, 0.6) is 0 Å². The number of aliphatic hydroxyl groups excluding tert-OH is 1. The highest BCUT2D eigenvalue weighted by molar-refractivity contribution is 6.14. The third-order valence-electron chi connectivity index (χ3n) is 4.06. The van der Waals surface area contributed by atoms with Gasteiger partial charge in [-0.3, -0.25) is 9.59 Å². The molecule has 0 bridgehead atoms. The lowest BCUT2D eigenvalue weighted by molar-refractivity contribution is -0.126. The summed E-state index contributed by atoms with van der Waals surface area (Å²) in [7, 11) is 1.50. The average Bonchev–Trinajstić information content (AvgIpc) is 3.10. The highest BCUT2D eigenvalue weighted by atomic mass is 19.1. The van der Waals surface area contributed by atoms with Crippen LogP contribution in [0.3, 0.4) is 0 Å². The van der Waals surface area contributed by atoms with Crippen molar-refractivity contribution in [3.05, 3.63) is 70.1 Å². The Bertz CT molecular complexity index is 866. The summed E-state index contributed by atoms with van der Waals surface area (Å²) < 4.78 is 18.7. The normalized spacial score (nSPS) is 14.6. The van der Waals surface area contributed by atoms with E-state index in [-0.39, 0.29) is 23.7 Å². The van der Waals surface area contributed by atoms with Gasteiger partial charge in [-0.05, 0) is 42.3 Å². The highest BCUT2D eigenvalue weighted by Crippen LogP contribution is 2.23. The van der Waals surface area contributed by atoms with E-state index < -0.39 is 17.4 Å². The molecule has 124 valence electrons. The fraction of sp³-hybridized carbons (Fsp3) is 0.222. The molecule has 5 nitrogen and oxygen atoms in total. The molecule has 0 unspecified atom stereocenters. The molecule has 2 heterocycles. The van der Waals surface area contributed by atoms with Crippen LogP contribution in [-0.4, -0.2) is 35.3 Å². The first-order valence-electron chi connectivity index (χ1n) is 7.43. The monoisotopic (exact) mass is 329 g/mol. The van der Waals surface area contributed by atoms with Crippen LogP contribution in [0.2, 0.25) is 0 Å². The molecule has 6 heteroatoms. The van der Waals surface area contributed by atoms with Crippen LogP contribution in [0.25, 0.3) is 0 Å². The number of furan rings is 1. The van der Waals surface area contributed by atoms with Crippen LogP contribution in [-0.2, 0) is 11.2 Å². The molecule has 24 heavy (non-hydrogen) atoms. The van der Waals surface area contributed by atoms with Gasteiger partial charge in [0.05, 0.1) is 12.1 Å². The molecule has 1 N–H and O–H groups in total. The Labute approximate surface area is 138 Å². The molecule has 0 fully saturated rings. The number of halogens is 1. The van der Waals surface area contributed by atoms with Gasteiger partial charge in [0.2, 0.25) is 5.78 Å². The van der Waals surface area contributed by atoms with Gasteiger partial charge in [-0.1, -0.05) is 6.07 Å². The number of carbonyl (C=O) groups is 2.